The van der Waals surface area contributed by atoms with Crippen molar-refractivity contribution in [3.8, 4) is 0 Å². The Hall–Kier alpha value is -2.37. The normalized spacial score (nSPS) is 10.4. The number of nitrogens with one attached hydrogen (secondary N) is 2. The summed E-state index contributed by atoms with van der Waals surface area (Å²) in [6.07, 6.45) is 5.30. The van der Waals surface area contributed by atoms with E-state index >= 15 is 0 Å². The summed E-state index contributed by atoms with van der Waals surface area (Å²) in [5.41, 5.74) is 2.21. The van der Waals surface area contributed by atoms with Crippen LogP contribution in [0.3, 0.4) is 0 Å². The van der Waals surface area contributed by atoms with Crippen LogP contribution in [0, 0.1) is 0 Å². The third-order valence-electron chi connectivity index (χ3n) is 3.12. The maximum Gasteiger partial charge on any atom is 0.255 e. The predicted octanol–water partition coefficient (Wildman–Crippen LogP) is 2.54. The Morgan fingerprint density at radius 3 is 2.76 bits per heavy atom. The van der Waals surface area contributed by atoms with Crippen molar-refractivity contribution < 1.29 is 4.79 Å². The smallest absolute Gasteiger partial charge is 0.255 e. The second-order valence-electron chi connectivity index (χ2n) is 4.77. The van der Waals surface area contributed by atoms with Gasteiger partial charge < -0.3 is 10.6 Å². The predicted molar refractivity (Wildman–Crippen MR) is 83.6 cm³/mol. The van der Waals surface area contributed by atoms with Crippen LogP contribution in [-0.4, -0.2) is 27.7 Å². The fourth-order valence-corrected chi connectivity index (χ4v) is 2.04. The monoisotopic (exact) mass is 287 g/mol. The Bertz CT molecular complexity index is 620. The molecular weight excluding hydrogens is 266 g/mol. The van der Waals surface area contributed by atoms with Gasteiger partial charge in [0.2, 0.25) is 0 Å². The highest BCUT2D eigenvalue weighted by Gasteiger charge is 2.10. The first kappa shape index (κ1) is 15.0. The van der Waals surface area contributed by atoms with Crippen molar-refractivity contribution in [2.75, 3.05) is 17.7 Å². The molecule has 6 heteroatoms. The number of anilines is 2. The molecule has 0 atom stereocenters. The molecule has 112 valence electrons. The van der Waals surface area contributed by atoms with Crippen LogP contribution in [0.15, 0.2) is 24.5 Å². The summed E-state index contributed by atoms with van der Waals surface area (Å²) in [6, 6.07) is 3.59. The van der Waals surface area contributed by atoms with Gasteiger partial charge in [-0.3, -0.25) is 9.48 Å². The zero-order valence-corrected chi connectivity index (χ0v) is 12.7. The first-order valence-electron chi connectivity index (χ1n) is 7.18. The SMILES string of the molecule is CCCc1cc(C(=O)Nc2cnn(CC)c2)cc(NC)n1. The molecule has 21 heavy (non-hydrogen) atoms. The van der Waals surface area contributed by atoms with Gasteiger partial charge in [-0.15, -0.1) is 0 Å². The highest BCUT2D eigenvalue weighted by molar-refractivity contribution is 6.04. The summed E-state index contributed by atoms with van der Waals surface area (Å²) in [6.45, 7) is 4.86. The lowest BCUT2D eigenvalue weighted by Crippen LogP contribution is -2.13. The molecular formula is C15H21N5O. The molecule has 2 heterocycles. The summed E-state index contributed by atoms with van der Waals surface area (Å²) >= 11 is 0. The molecule has 0 saturated heterocycles. The molecule has 2 N–H and O–H groups in total. The van der Waals surface area contributed by atoms with Crippen LogP contribution in [0.1, 0.15) is 36.3 Å². The van der Waals surface area contributed by atoms with Crippen molar-refractivity contribution in [3.05, 3.63) is 35.8 Å². The molecule has 1 amide bonds. The molecule has 0 bridgehead atoms. The van der Waals surface area contributed by atoms with E-state index in [2.05, 4.69) is 27.6 Å². The van der Waals surface area contributed by atoms with Crippen molar-refractivity contribution >= 4 is 17.4 Å². The standard InChI is InChI=1S/C15H21N5O/c1-4-6-12-7-11(8-14(16-3)18-12)15(21)19-13-9-17-20(5-2)10-13/h7-10H,4-6H2,1-3H3,(H,16,18)(H,19,21). The molecule has 0 spiro atoms. The molecule has 0 aromatic carbocycles. The third kappa shape index (κ3) is 3.81. The summed E-state index contributed by atoms with van der Waals surface area (Å²) in [4.78, 5) is 16.8. The molecule has 2 aromatic heterocycles. The van der Waals surface area contributed by atoms with E-state index in [4.69, 9.17) is 0 Å². The highest BCUT2D eigenvalue weighted by atomic mass is 16.1. The zero-order chi connectivity index (χ0) is 15.2. The van der Waals surface area contributed by atoms with E-state index in [0.717, 1.165) is 25.1 Å². The molecule has 0 fully saturated rings. The second-order valence-corrected chi connectivity index (χ2v) is 4.77. The van der Waals surface area contributed by atoms with Gasteiger partial charge in [-0.25, -0.2) is 4.98 Å². The van der Waals surface area contributed by atoms with Gasteiger partial charge in [-0.2, -0.15) is 5.10 Å². The molecule has 6 nitrogen and oxygen atoms in total. The van der Waals surface area contributed by atoms with E-state index in [0.29, 0.717) is 17.1 Å². The molecule has 0 saturated carbocycles. The summed E-state index contributed by atoms with van der Waals surface area (Å²) in [5, 5.41) is 9.99. The van der Waals surface area contributed by atoms with E-state index < -0.39 is 0 Å². The minimum Gasteiger partial charge on any atom is -0.373 e. The van der Waals surface area contributed by atoms with Crippen LogP contribution in [0.4, 0.5) is 11.5 Å². The number of hydrogen-bond acceptors (Lipinski definition) is 4. The number of rotatable bonds is 6. The molecule has 2 aromatic rings. The fourth-order valence-electron chi connectivity index (χ4n) is 2.04. The average Bonchev–Trinajstić information content (AvgIpc) is 2.94. The number of hydrogen-bond donors (Lipinski definition) is 2. The average molecular weight is 287 g/mol. The van der Waals surface area contributed by atoms with E-state index in [-0.39, 0.29) is 5.91 Å². The van der Waals surface area contributed by atoms with E-state index in [1.165, 1.54) is 0 Å². The van der Waals surface area contributed by atoms with Gasteiger partial charge >= 0.3 is 0 Å². The van der Waals surface area contributed by atoms with Gasteiger partial charge in [-0.05, 0) is 25.5 Å². The van der Waals surface area contributed by atoms with Gasteiger partial charge in [0.1, 0.15) is 5.82 Å². The van der Waals surface area contributed by atoms with E-state index in [1.807, 2.05) is 19.2 Å². The number of nitrogens with zero attached hydrogens (tertiary/aromatic N) is 3. The van der Waals surface area contributed by atoms with Crippen LogP contribution in [-0.2, 0) is 13.0 Å². The molecule has 0 radical (unpaired) electrons. The maximum absolute atomic E-state index is 12.3. The Kier molecular flexibility index (Phi) is 4.92. The lowest BCUT2D eigenvalue weighted by Gasteiger charge is -2.08. The Balaban J connectivity index is 2.19. The Labute approximate surface area is 124 Å². The first-order chi connectivity index (χ1) is 10.2. The van der Waals surface area contributed by atoms with Gasteiger partial charge in [0.15, 0.2) is 0 Å². The third-order valence-corrected chi connectivity index (χ3v) is 3.12. The minimum atomic E-state index is -0.151. The van der Waals surface area contributed by atoms with E-state index in [9.17, 15) is 4.79 Å². The molecule has 0 aliphatic heterocycles. The van der Waals surface area contributed by atoms with Crippen molar-refractivity contribution in [1.82, 2.24) is 14.8 Å². The van der Waals surface area contributed by atoms with E-state index in [1.54, 1.807) is 24.0 Å². The lowest BCUT2D eigenvalue weighted by atomic mass is 10.1. The number of pyridine rings is 1. The van der Waals surface area contributed by atoms with Gasteiger partial charge in [-0.1, -0.05) is 13.3 Å². The number of amides is 1. The second kappa shape index (κ2) is 6.88. The highest BCUT2D eigenvalue weighted by Crippen LogP contribution is 2.14. The van der Waals surface area contributed by atoms with Crippen molar-refractivity contribution in [3.63, 3.8) is 0 Å². The minimum absolute atomic E-state index is 0.151. The van der Waals surface area contributed by atoms with Crippen molar-refractivity contribution in [1.29, 1.82) is 0 Å². The largest absolute Gasteiger partial charge is 0.373 e. The van der Waals surface area contributed by atoms with Crippen LogP contribution < -0.4 is 10.6 Å². The number of carbonyl (C=O) groups is 1. The number of carbonyl (C=O) groups excluding carboxylic acids is 1. The molecule has 0 aliphatic rings. The zero-order valence-electron chi connectivity index (χ0n) is 12.7. The Morgan fingerprint density at radius 2 is 2.14 bits per heavy atom. The fraction of sp³-hybridized carbons (Fsp3) is 0.400. The number of aryl methyl sites for hydroxylation is 2. The van der Waals surface area contributed by atoms with Gasteiger partial charge in [0.25, 0.3) is 5.91 Å². The van der Waals surface area contributed by atoms with Crippen LogP contribution in [0.25, 0.3) is 0 Å². The molecule has 2 rings (SSSR count). The topological polar surface area (TPSA) is 71.8 Å². The van der Waals surface area contributed by atoms with Crippen LogP contribution in [0.2, 0.25) is 0 Å². The van der Waals surface area contributed by atoms with Crippen molar-refractivity contribution in [2.45, 2.75) is 33.2 Å². The number of aromatic nitrogens is 3. The quantitative estimate of drug-likeness (QED) is 0.856. The summed E-state index contributed by atoms with van der Waals surface area (Å²) < 4.78 is 1.77. The Morgan fingerprint density at radius 1 is 1.33 bits per heavy atom. The summed E-state index contributed by atoms with van der Waals surface area (Å²) in [7, 11) is 1.80. The van der Waals surface area contributed by atoms with Crippen molar-refractivity contribution in [2.24, 2.45) is 0 Å². The lowest BCUT2D eigenvalue weighted by molar-refractivity contribution is 0.102. The molecule has 0 aliphatic carbocycles. The van der Waals surface area contributed by atoms with Gasteiger partial charge in [0, 0.05) is 31.0 Å². The van der Waals surface area contributed by atoms with Crippen LogP contribution >= 0.6 is 0 Å². The first-order valence-corrected chi connectivity index (χ1v) is 7.18. The van der Waals surface area contributed by atoms with Crippen LogP contribution in [0.5, 0.6) is 0 Å². The van der Waals surface area contributed by atoms with Gasteiger partial charge in [0.05, 0.1) is 11.9 Å². The summed E-state index contributed by atoms with van der Waals surface area (Å²) in [5.74, 6) is 0.553. The molecule has 0 unspecified atom stereocenters. The maximum atomic E-state index is 12.3.